The topological polar surface area (TPSA) is 62.3 Å². The summed E-state index contributed by atoms with van der Waals surface area (Å²) in [6.45, 7) is 5.72. The second-order valence-corrected chi connectivity index (χ2v) is 8.37. The molecule has 0 aromatic carbocycles. The minimum absolute atomic E-state index is 0.405. The third kappa shape index (κ3) is 3.16. The highest BCUT2D eigenvalue weighted by Gasteiger charge is 2.32. The van der Waals surface area contributed by atoms with Crippen molar-refractivity contribution in [1.29, 1.82) is 0 Å². The molecule has 1 N–H and O–H groups in total. The second-order valence-electron chi connectivity index (χ2n) is 5.03. The summed E-state index contributed by atoms with van der Waals surface area (Å²) in [5, 5.41) is 3.94. The van der Waals surface area contributed by atoms with Crippen molar-refractivity contribution in [2.75, 3.05) is 26.7 Å². The minimum atomic E-state index is -3.36. The lowest BCUT2D eigenvalue weighted by Crippen LogP contribution is -2.42. The molecule has 1 aromatic rings. The van der Waals surface area contributed by atoms with E-state index in [-0.39, 0.29) is 0 Å². The number of aromatic nitrogens is 1. The highest BCUT2D eigenvalue weighted by Crippen LogP contribution is 2.29. The van der Waals surface area contributed by atoms with Gasteiger partial charge in [0.25, 0.3) is 10.0 Å². The Balaban J connectivity index is 2.22. The van der Waals surface area contributed by atoms with Crippen molar-refractivity contribution in [3.63, 3.8) is 0 Å². The Kier molecular flexibility index (Phi) is 4.60. The second kappa shape index (κ2) is 5.87. The van der Waals surface area contributed by atoms with Gasteiger partial charge in [-0.25, -0.2) is 13.4 Å². The van der Waals surface area contributed by atoms with Crippen LogP contribution in [0.4, 0.5) is 0 Å². The van der Waals surface area contributed by atoms with Gasteiger partial charge in [0.05, 0.1) is 10.7 Å². The summed E-state index contributed by atoms with van der Waals surface area (Å²) >= 11 is 1.27. The minimum Gasteiger partial charge on any atom is -0.319 e. The molecule has 0 aliphatic carbocycles. The van der Waals surface area contributed by atoms with Crippen LogP contribution in [0.25, 0.3) is 0 Å². The molecular weight excluding hydrogens is 282 g/mol. The quantitative estimate of drug-likeness (QED) is 0.913. The summed E-state index contributed by atoms with van der Waals surface area (Å²) < 4.78 is 27.3. The average molecular weight is 303 g/mol. The molecule has 0 spiro atoms. The molecule has 2 heterocycles. The van der Waals surface area contributed by atoms with Gasteiger partial charge in [0.2, 0.25) is 0 Å². The molecule has 19 heavy (non-hydrogen) atoms. The van der Waals surface area contributed by atoms with Gasteiger partial charge in [-0.1, -0.05) is 0 Å². The summed E-state index contributed by atoms with van der Waals surface area (Å²) in [7, 11) is -1.45. The van der Waals surface area contributed by atoms with Gasteiger partial charge in [0.1, 0.15) is 0 Å². The molecule has 0 unspecified atom stereocenters. The lowest BCUT2D eigenvalue weighted by atomic mass is 10.00. The van der Waals surface area contributed by atoms with E-state index in [0.29, 0.717) is 28.9 Å². The van der Waals surface area contributed by atoms with Crippen LogP contribution in [0, 0.1) is 19.8 Å². The Hall–Kier alpha value is -0.500. The average Bonchev–Trinajstić information content (AvgIpc) is 2.70. The molecule has 0 bridgehead atoms. The molecule has 2 rings (SSSR count). The van der Waals surface area contributed by atoms with E-state index in [1.807, 2.05) is 14.0 Å². The van der Waals surface area contributed by atoms with Crippen molar-refractivity contribution in [3.8, 4) is 0 Å². The number of nitrogens with zero attached hydrogens (tertiary/aromatic N) is 2. The highest BCUT2D eigenvalue weighted by atomic mass is 32.2. The fourth-order valence-corrected chi connectivity index (χ4v) is 5.74. The Morgan fingerprint density at radius 1 is 1.47 bits per heavy atom. The van der Waals surface area contributed by atoms with Crippen molar-refractivity contribution in [2.45, 2.75) is 30.9 Å². The van der Waals surface area contributed by atoms with Gasteiger partial charge in [-0.2, -0.15) is 4.31 Å². The molecule has 108 valence electrons. The SMILES string of the molecule is CNC[C@@H]1CCCN(S(=O)(=O)c2sc(C)nc2C)C1. The van der Waals surface area contributed by atoms with Gasteiger partial charge in [0.15, 0.2) is 4.21 Å². The Bertz CT molecular complexity index is 537. The number of hydrogen-bond acceptors (Lipinski definition) is 5. The Morgan fingerprint density at radius 2 is 2.21 bits per heavy atom. The van der Waals surface area contributed by atoms with E-state index in [4.69, 9.17) is 0 Å². The number of hydrogen-bond donors (Lipinski definition) is 1. The van der Waals surface area contributed by atoms with E-state index >= 15 is 0 Å². The Labute approximate surface area is 119 Å². The number of nitrogens with one attached hydrogen (secondary N) is 1. The third-order valence-corrected chi connectivity index (χ3v) is 6.93. The summed E-state index contributed by atoms with van der Waals surface area (Å²) in [6, 6.07) is 0. The largest absolute Gasteiger partial charge is 0.319 e. The van der Waals surface area contributed by atoms with Crippen molar-refractivity contribution >= 4 is 21.4 Å². The number of sulfonamides is 1. The summed E-state index contributed by atoms with van der Waals surface area (Å²) in [5.74, 6) is 0.405. The van der Waals surface area contributed by atoms with Crippen LogP contribution >= 0.6 is 11.3 Å². The van der Waals surface area contributed by atoms with E-state index in [1.54, 1.807) is 11.2 Å². The fraction of sp³-hybridized carbons (Fsp3) is 0.750. The predicted molar refractivity (Wildman–Crippen MR) is 77.0 cm³/mol. The number of aryl methyl sites for hydroxylation is 2. The molecule has 1 aliphatic heterocycles. The fourth-order valence-electron chi connectivity index (χ4n) is 2.57. The number of piperidine rings is 1. The van der Waals surface area contributed by atoms with E-state index in [2.05, 4.69) is 10.3 Å². The zero-order valence-electron chi connectivity index (χ0n) is 11.6. The van der Waals surface area contributed by atoms with Gasteiger partial charge in [-0.15, -0.1) is 11.3 Å². The summed E-state index contributed by atoms with van der Waals surface area (Å²) in [5.41, 5.74) is 0.623. The van der Waals surface area contributed by atoms with Crippen LogP contribution in [0.1, 0.15) is 23.5 Å². The van der Waals surface area contributed by atoms with Gasteiger partial charge in [-0.05, 0) is 46.2 Å². The monoisotopic (exact) mass is 303 g/mol. The maximum atomic E-state index is 12.6. The molecule has 1 aliphatic rings. The first-order valence-corrected chi connectivity index (χ1v) is 8.79. The molecule has 0 saturated carbocycles. The first-order valence-electron chi connectivity index (χ1n) is 6.54. The maximum Gasteiger partial charge on any atom is 0.254 e. The van der Waals surface area contributed by atoms with E-state index < -0.39 is 10.0 Å². The molecule has 7 heteroatoms. The lowest BCUT2D eigenvalue weighted by Gasteiger charge is -2.31. The molecule has 1 atom stereocenters. The Morgan fingerprint density at radius 3 is 2.79 bits per heavy atom. The first-order chi connectivity index (χ1) is 8.95. The van der Waals surface area contributed by atoms with Gasteiger partial charge in [0, 0.05) is 13.1 Å². The van der Waals surface area contributed by atoms with Crippen molar-refractivity contribution in [2.24, 2.45) is 5.92 Å². The molecule has 5 nitrogen and oxygen atoms in total. The smallest absolute Gasteiger partial charge is 0.254 e. The van der Waals surface area contributed by atoms with E-state index in [0.717, 1.165) is 24.4 Å². The molecule has 1 saturated heterocycles. The third-order valence-electron chi connectivity index (χ3n) is 3.41. The molecule has 1 aromatic heterocycles. The normalized spacial score (nSPS) is 21.7. The van der Waals surface area contributed by atoms with Crippen LogP contribution in [0.5, 0.6) is 0 Å². The zero-order chi connectivity index (χ0) is 14.0. The molecule has 0 amide bonds. The van der Waals surface area contributed by atoms with Gasteiger partial charge < -0.3 is 5.32 Å². The molecule has 1 fully saturated rings. The number of thiazole rings is 1. The van der Waals surface area contributed by atoms with E-state index in [9.17, 15) is 8.42 Å². The van der Waals surface area contributed by atoms with Crippen molar-refractivity contribution in [1.82, 2.24) is 14.6 Å². The maximum absolute atomic E-state index is 12.6. The molecular formula is C12H21N3O2S2. The first kappa shape index (κ1) is 14.9. The van der Waals surface area contributed by atoms with Gasteiger partial charge in [-0.3, -0.25) is 0 Å². The summed E-state index contributed by atoms with van der Waals surface area (Å²) in [6.07, 6.45) is 2.02. The lowest BCUT2D eigenvalue weighted by molar-refractivity contribution is 0.263. The van der Waals surface area contributed by atoms with Crippen molar-refractivity contribution in [3.05, 3.63) is 10.7 Å². The standard InChI is InChI=1S/C12H21N3O2S2/c1-9-12(18-10(2)14-9)19(16,17)15-6-4-5-11(8-15)7-13-3/h11,13H,4-8H2,1-3H3/t11-/m0/s1. The van der Waals surface area contributed by atoms with Crippen LogP contribution in [0.3, 0.4) is 0 Å². The predicted octanol–water partition coefficient (Wildman–Crippen LogP) is 1.38. The van der Waals surface area contributed by atoms with Crippen LogP contribution in [0.15, 0.2) is 4.21 Å². The molecule has 0 radical (unpaired) electrons. The van der Waals surface area contributed by atoms with Crippen molar-refractivity contribution < 1.29 is 8.42 Å². The zero-order valence-corrected chi connectivity index (χ0v) is 13.3. The van der Waals surface area contributed by atoms with Crippen LogP contribution in [-0.2, 0) is 10.0 Å². The van der Waals surface area contributed by atoms with Gasteiger partial charge >= 0.3 is 0 Å². The van der Waals surface area contributed by atoms with Crippen LogP contribution in [0.2, 0.25) is 0 Å². The van der Waals surface area contributed by atoms with E-state index in [1.165, 1.54) is 11.3 Å². The highest BCUT2D eigenvalue weighted by molar-refractivity contribution is 7.91. The van der Waals surface area contributed by atoms with Crippen LogP contribution < -0.4 is 5.32 Å². The summed E-state index contributed by atoms with van der Waals surface area (Å²) in [4.78, 5) is 4.23. The van der Waals surface area contributed by atoms with Crippen LogP contribution in [-0.4, -0.2) is 44.4 Å². The number of rotatable bonds is 4.